The van der Waals surface area contributed by atoms with E-state index < -0.39 is 6.10 Å². The number of aliphatic hydroxyl groups excluding tert-OH is 1. The van der Waals surface area contributed by atoms with Gasteiger partial charge < -0.3 is 15.0 Å². The van der Waals surface area contributed by atoms with Crippen molar-refractivity contribution in [2.45, 2.75) is 12.6 Å². The van der Waals surface area contributed by atoms with Crippen LogP contribution < -0.4 is 5.32 Å². The van der Waals surface area contributed by atoms with Crippen molar-refractivity contribution in [1.82, 2.24) is 4.57 Å². The van der Waals surface area contributed by atoms with E-state index in [9.17, 15) is 5.11 Å². The maximum Gasteiger partial charge on any atom is 0.0891 e. The van der Waals surface area contributed by atoms with E-state index in [1.165, 1.54) is 0 Å². The van der Waals surface area contributed by atoms with E-state index in [2.05, 4.69) is 9.88 Å². The summed E-state index contributed by atoms with van der Waals surface area (Å²) in [6.07, 6.45) is -0.578. The number of nitrogens with one attached hydrogen (secondary N) is 1. The fourth-order valence-corrected chi connectivity index (χ4v) is 3.79. The van der Waals surface area contributed by atoms with E-state index in [1.807, 2.05) is 60.7 Å². The van der Waals surface area contributed by atoms with E-state index in [4.69, 9.17) is 34.8 Å². The van der Waals surface area contributed by atoms with Crippen LogP contribution in [0.5, 0.6) is 0 Å². The van der Waals surface area contributed by atoms with Crippen LogP contribution in [-0.4, -0.2) is 22.3 Å². The van der Waals surface area contributed by atoms with Gasteiger partial charge >= 0.3 is 0 Å². The molecule has 0 aliphatic carbocycles. The van der Waals surface area contributed by atoms with Crippen molar-refractivity contribution in [2.75, 3.05) is 11.9 Å². The Morgan fingerprint density at radius 2 is 1.30 bits per heavy atom. The van der Waals surface area contributed by atoms with Gasteiger partial charge in [-0.05, 0) is 60.7 Å². The highest BCUT2D eigenvalue weighted by Gasteiger charge is 2.14. The van der Waals surface area contributed by atoms with Crippen LogP contribution in [0.4, 0.5) is 5.69 Å². The van der Waals surface area contributed by atoms with Crippen molar-refractivity contribution in [2.24, 2.45) is 0 Å². The van der Waals surface area contributed by atoms with E-state index in [-0.39, 0.29) is 0 Å². The first-order valence-corrected chi connectivity index (χ1v) is 9.69. The van der Waals surface area contributed by atoms with E-state index in [0.717, 1.165) is 27.5 Å². The summed E-state index contributed by atoms with van der Waals surface area (Å²) in [5.41, 5.74) is 2.95. The average molecular weight is 420 g/mol. The van der Waals surface area contributed by atoms with Gasteiger partial charge in [0, 0.05) is 49.1 Å². The Bertz CT molecular complexity index is 1050. The van der Waals surface area contributed by atoms with Crippen LogP contribution in [0.1, 0.15) is 0 Å². The number of hydrogen-bond donors (Lipinski definition) is 2. The second-order valence-electron chi connectivity index (χ2n) is 6.48. The third kappa shape index (κ3) is 3.87. The molecule has 2 N–H and O–H groups in total. The second kappa shape index (κ2) is 7.61. The molecule has 0 bridgehead atoms. The zero-order valence-corrected chi connectivity index (χ0v) is 16.6. The lowest BCUT2D eigenvalue weighted by Crippen LogP contribution is -2.24. The molecule has 0 amide bonds. The molecule has 0 spiro atoms. The van der Waals surface area contributed by atoms with Crippen molar-refractivity contribution in [3.05, 3.63) is 75.7 Å². The molecular formula is C21H17Cl3N2O. The Balaban J connectivity index is 1.63. The Hall–Kier alpha value is -1.91. The van der Waals surface area contributed by atoms with Crippen molar-refractivity contribution in [3.8, 4) is 0 Å². The Labute approximate surface area is 172 Å². The summed E-state index contributed by atoms with van der Waals surface area (Å²) in [6.45, 7) is 0.869. The Kier molecular flexibility index (Phi) is 5.20. The first-order chi connectivity index (χ1) is 13.0. The quantitative estimate of drug-likeness (QED) is 0.402. The number of hydrogen-bond acceptors (Lipinski definition) is 2. The minimum atomic E-state index is -0.578. The fraction of sp³-hybridized carbons (Fsp3) is 0.143. The smallest absolute Gasteiger partial charge is 0.0891 e. The number of rotatable bonds is 5. The molecule has 27 heavy (non-hydrogen) atoms. The maximum absolute atomic E-state index is 10.6. The number of aliphatic hydroxyl groups is 1. The molecule has 0 saturated carbocycles. The van der Waals surface area contributed by atoms with Gasteiger partial charge in [-0.15, -0.1) is 0 Å². The van der Waals surface area contributed by atoms with Crippen molar-refractivity contribution in [3.63, 3.8) is 0 Å². The molecule has 0 fully saturated rings. The average Bonchev–Trinajstić information content (AvgIpc) is 2.94. The highest BCUT2D eigenvalue weighted by Crippen LogP contribution is 2.33. The third-order valence-corrected chi connectivity index (χ3v) is 5.29. The van der Waals surface area contributed by atoms with Crippen molar-refractivity contribution < 1.29 is 5.11 Å². The van der Waals surface area contributed by atoms with Crippen LogP contribution in [0.3, 0.4) is 0 Å². The molecule has 0 saturated heterocycles. The number of benzene rings is 3. The molecular weight excluding hydrogens is 403 g/mol. The number of halogens is 3. The van der Waals surface area contributed by atoms with Gasteiger partial charge in [-0.3, -0.25) is 0 Å². The standard InChI is InChI=1S/C21H17Cl3N2O/c22-13-1-5-16(6-2-13)25-11-17(27)12-26-20-7-3-14(23)9-18(20)19-10-15(24)4-8-21(19)26/h1-10,17,25,27H,11-12H2. The van der Waals surface area contributed by atoms with Gasteiger partial charge in [0.1, 0.15) is 0 Å². The van der Waals surface area contributed by atoms with Crippen LogP contribution >= 0.6 is 34.8 Å². The summed E-state index contributed by atoms with van der Waals surface area (Å²) in [4.78, 5) is 0. The Morgan fingerprint density at radius 3 is 1.85 bits per heavy atom. The van der Waals surface area contributed by atoms with Gasteiger partial charge in [0.25, 0.3) is 0 Å². The molecule has 3 aromatic carbocycles. The molecule has 0 aliphatic heterocycles. The summed E-state index contributed by atoms with van der Waals surface area (Å²) in [6, 6.07) is 19.0. The summed E-state index contributed by atoms with van der Waals surface area (Å²) < 4.78 is 2.10. The zero-order valence-electron chi connectivity index (χ0n) is 14.3. The molecule has 4 aromatic rings. The maximum atomic E-state index is 10.6. The second-order valence-corrected chi connectivity index (χ2v) is 7.78. The molecule has 1 heterocycles. The molecule has 138 valence electrons. The SMILES string of the molecule is OC(CNc1ccc(Cl)cc1)Cn1c2ccc(Cl)cc2c2cc(Cl)ccc21. The topological polar surface area (TPSA) is 37.2 Å². The van der Waals surface area contributed by atoms with Crippen molar-refractivity contribution in [1.29, 1.82) is 0 Å². The molecule has 0 radical (unpaired) electrons. The molecule has 4 rings (SSSR count). The first-order valence-electron chi connectivity index (χ1n) is 8.56. The number of aromatic nitrogens is 1. The molecule has 6 heteroatoms. The lowest BCUT2D eigenvalue weighted by molar-refractivity contribution is 0.169. The predicted molar refractivity (Wildman–Crippen MR) is 115 cm³/mol. The minimum Gasteiger partial charge on any atom is -0.389 e. The number of fused-ring (bicyclic) bond motifs is 3. The highest BCUT2D eigenvalue weighted by molar-refractivity contribution is 6.33. The van der Waals surface area contributed by atoms with E-state index in [1.54, 1.807) is 0 Å². The van der Waals surface area contributed by atoms with Gasteiger partial charge in [-0.2, -0.15) is 0 Å². The van der Waals surface area contributed by atoms with Gasteiger partial charge in [0.15, 0.2) is 0 Å². The molecule has 3 nitrogen and oxygen atoms in total. The fourth-order valence-electron chi connectivity index (χ4n) is 3.32. The van der Waals surface area contributed by atoms with Crippen LogP contribution in [0, 0.1) is 0 Å². The van der Waals surface area contributed by atoms with Crippen LogP contribution in [0.25, 0.3) is 21.8 Å². The van der Waals surface area contributed by atoms with E-state index in [0.29, 0.717) is 28.2 Å². The van der Waals surface area contributed by atoms with Crippen LogP contribution in [0.15, 0.2) is 60.7 Å². The highest BCUT2D eigenvalue weighted by atomic mass is 35.5. The lowest BCUT2D eigenvalue weighted by atomic mass is 10.1. The summed E-state index contributed by atoms with van der Waals surface area (Å²) in [5.74, 6) is 0. The summed E-state index contributed by atoms with van der Waals surface area (Å²) >= 11 is 18.3. The number of nitrogens with zero attached hydrogens (tertiary/aromatic N) is 1. The predicted octanol–water partition coefficient (Wildman–Crippen LogP) is 6.23. The molecule has 1 aromatic heterocycles. The van der Waals surface area contributed by atoms with Gasteiger partial charge in [-0.25, -0.2) is 0 Å². The molecule has 0 aliphatic rings. The van der Waals surface area contributed by atoms with Crippen LogP contribution in [-0.2, 0) is 6.54 Å². The lowest BCUT2D eigenvalue weighted by Gasteiger charge is -2.15. The first kappa shape index (κ1) is 18.5. The van der Waals surface area contributed by atoms with Gasteiger partial charge in [0.2, 0.25) is 0 Å². The monoisotopic (exact) mass is 418 g/mol. The van der Waals surface area contributed by atoms with Gasteiger partial charge in [0.05, 0.1) is 12.6 Å². The normalized spacial score (nSPS) is 12.6. The summed E-state index contributed by atoms with van der Waals surface area (Å²) in [5, 5.41) is 17.9. The van der Waals surface area contributed by atoms with Crippen molar-refractivity contribution >= 4 is 62.3 Å². The van der Waals surface area contributed by atoms with Crippen LogP contribution in [0.2, 0.25) is 15.1 Å². The zero-order chi connectivity index (χ0) is 19.0. The summed E-state index contributed by atoms with van der Waals surface area (Å²) in [7, 11) is 0. The van der Waals surface area contributed by atoms with Gasteiger partial charge in [-0.1, -0.05) is 34.8 Å². The Morgan fingerprint density at radius 1 is 0.778 bits per heavy atom. The molecule has 1 unspecified atom stereocenters. The number of anilines is 1. The minimum absolute atomic E-state index is 0.421. The molecule has 1 atom stereocenters. The third-order valence-electron chi connectivity index (χ3n) is 4.57. The largest absolute Gasteiger partial charge is 0.389 e. The van der Waals surface area contributed by atoms with E-state index >= 15 is 0 Å².